The van der Waals surface area contributed by atoms with Crippen molar-refractivity contribution in [2.45, 2.75) is 23.9 Å². The van der Waals surface area contributed by atoms with Crippen LogP contribution < -0.4 is 9.64 Å². The number of piperazine rings is 1. The van der Waals surface area contributed by atoms with Crippen LogP contribution in [0.15, 0.2) is 29.4 Å². The van der Waals surface area contributed by atoms with Gasteiger partial charge in [-0.2, -0.15) is 0 Å². The Balaban J connectivity index is 1.24. The highest BCUT2D eigenvalue weighted by atomic mass is 32.2. The number of hydrogen-bond donors (Lipinski definition) is 1. The molecule has 1 aliphatic carbocycles. The second-order valence-corrected chi connectivity index (χ2v) is 7.57. The number of thioether (sulfide) groups is 1. The number of nitrogens with zero attached hydrogens (tertiary/aromatic N) is 4. The van der Waals surface area contributed by atoms with E-state index >= 15 is 0 Å². The zero-order valence-electron chi connectivity index (χ0n) is 14.9. The molecular weight excluding hydrogens is 350 g/mol. The molecule has 1 saturated heterocycles. The Morgan fingerprint density at radius 2 is 1.96 bits per heavy atom. The van der Waals surface area contributed by atoms with Gasteiger partial charge in [-0.15, -0.1) is 5.10 Å². The van der Waals surface area contributed by atoms with E-state index in [2.05, 4.69) is 32.2 Å². The molecule has 1 aromatic heterocycles. The topological polar surface area (TPSA) is 74.3 Å². The van der Waals surface area contributed by atoms with Gasteiger partial charge in [-0.1, -0.05) is 11.8 Å². The van der Waals surface area contributed by atoms with Gasteiger partial charge in [-0.05, 0) is 37.1 Å². The van der Waals surface area contributed by atoms with E-state index in [0.717, 1.165) is 37.8 Å². The van der Waals surface area contributed by atoms with E-state index < -0.39 is 0 Å². The van der Waals surface area contributed by atoms with Crippen LogP contribution in [-0.2, 0) is 4.79 Å². The number of anilines is 1. The molecule has 1 aromatic carbocycles. The van der Waals surface area contributed by atoms with Crippen molar-refractivity contribution in [2.24, 2.45) is 0 Å². The number of H-pyrrole nitrogens is 1. The molecule has 2 heterocycles. The smallest absolute Gasteiger partial charge is 0.233 e. The van der Waals surface area contributed by atoms with E-state index in [1.165, 1.54) is 30.3 Å². The third-order valence-corrected chi connectivity index (χ3v) is 5.67. The van der Waals surface area contributed by atoms with Gasteiger partial charge in [0.2, 0.25) is 11.1 Å². The molecule has 8 heteroatoms. The highest BCUT2D eigenvalue weighted by Gasteiger charge is 2.27. The first kappa shape index (κ1) is 17.2. The quantitative estimate of drug-likeness (QED) is 0.782. The Hall–Kier alpha value is -2.22. The molecule has 0 spiro atoms. The fraction of sp³-hybridized carbons (Fsp3) is 0.500. The van der Waals surface area contributed by atoms with Crippen LogP contribution in [0.4, 0.5) is 5.69 Å². The number of aromatic nitrogens is 3. The average molecular weight is 373 g/mol. The van der Waals surface area contributed by atoms with Crippen LogP contribution in [0.25, 0.3) is 0 Å². The van der Waals surface area contributed by atoms with E-state index in [0.29, 0.717) is 16.8 Å². The van der Waals surface area contributed by atoms with Crippen LogP contribution in [0, 0.1) is 0 Å². The minimum absolute atomic E-state index is 0.155. The second-order valence-electron chi connectivity index (χ2n) is 6.63. The molecule has 0 atom stereocenters. The molecule has 7 nitrogen and oxygen atoms in total. The number of benzene rings is 1. The monoisotopic (exact) mass is 373 g/mol. The van der Waals surface area contributed by atoms with Gasteiger partial charge in [0.1, 0.15) is 11.6 Å². The first-order chi connectivity index (χ1) is 12.7. The summed E-state index contributed by atoms with van der Waals surface area (Å²) in [5, 5.41) is 7.86. The first-order valence-corrected chi connectivity index (χ1v) is 9.93. The van der Waals surface area contributed by atoms with E-state index in [1.807, 2.05) is 17.0 Å². The van der Waals surface area contributed by atoms with Crippen LogP contribution in [0.5, 0.6) is 5.75 Å². The summed E-state index contributed by atoms with van der Waals surface area (Å²) in [4.78, 5) is 21.1. The van der Waals surface area contributed by atoms with Crippen molar-refractivity contribution in [3.63, 3.8) is 0 Å². The molecule has 2 fully saturated rings. The summed E-state index contributed by atoms with van der Waals surface area (Å²) in [5.41, 5.74) is 1.17. The van der Waals surface area contributed by atoms with Gasteiger partial charge in [-0.3, -0.25) is 9.89 Å². The lowest BCUT2D eigenvalue weighted by atomic mass is 10.2. The maximum absolute atomic E-state index is 12.5. The molecule has 0 bridgehead atoms. The fourth-order valence-corrected chi connectivity index (χ4v) is 3.79. The fourth-order valence-electron chi connectivity index (χ4n) is 3.09. The van der Waals surface area contributed by atoms with Crippen LogP contribution in [0.2, 0.25) is 0 Å². The van der Waals surface area contributed by atoms with Crippen molar-refractivity contribution in [1.29, 1.82) is 0 Å². The van der Waals surface area contributed by atoms with Crippen molar-refractivity contribution < 1.29 is 9.53 Å². The Labute approximate surface area is 157 Å². The van der Waals surface area contributed by atoms with Gasteiger partial charge in [0, 0.05) is 37.8 Å². The van der Waals surface area contributed by atoms with Gasteiger partial charge in [0.25, 0.3) is 0 Å². The Bertz CT molecular complexity index is 751. The van der Waals surface area contributed by atoms with Crippen molar-refractivity contribution in [3.8, 4) is 5.75 Å². The molecule has 1 N–H and O–H groups in total. The lowest BCUT2D eigenvalue weighted by Gasteiger charge is -2.36. The molecule has 0 radical (unpaired) electrons. The van der Waals surface area contributed by atoms with Crippen molar-refractivity contribution in [3.05, 3.63) is 30.1 Å². The molecule has 0 unspecified atom stereocenters. The Morgan fingerprint density at radius 3 is 2.62 bits per heavy atom. The minimum atomic E-state index is 0.155. The van der Waals surface area contributed by atoms with Crippen LogP contribution in [0.1, 0.15) is 24.6 Å². The summed E-state index contributed by atoms with van der Waals surface area (Å²) < 4.78 is 5.20. The van der Waals surface area contributed by atoms with E-state index in [9.17, 15) is 4.79 Å². The number of aromatic amines is 1. The number of carbonyl (C=O) groups excluding carboxylic acids is 1. The van der Waals surface area contributed by atoms with E-state index in [4.69, 9.17) is 4.74 Å². The third-order valence-electron chi connectivity index (χ3n) is 4.84. The molecule has 1 aliphatic heterocycles. The highest BCUT2D eigenvalue weighted by Crippen LogP contribution is 2.38. The average Bonchev–Trinajstić information content (AvgIpc) is 3.44. The van der Waals surface area contributed by atoms with E-state index in [-0.39, 0.29) is 5.91 Å². The van der Waals surface area contributed by atoms with Gasteiger partial charge in [0.05, 0.1) is 12.9 Å². The van der Waals surface area contributed by atoms with Crippen molar-refractivity contribution >= 4 is 23.4 Å². The number of rotatable bonds is 6. The van der Waals surface area contributed by atoms with Gasteiger partial charge < -0.3 is 14.5 Å². The zero-order valence-corrected chi connectivity index (χ0v) is 15.7. The number of hydrogen-bond acceptors (Lipinski definition) is 6. The Kier molecular flexibility index (Phi) is 5.01. The number of carbonyl (C=O) groups is 1. The molecule has 138 valence electrons. The third kappa shape index (κ3) is 3.95. The maximum atomic E-state index is 12.5. The zero-order chi connectivity index (χ0) is 17.9. The summed E-state index contributed by atoms with van der Waals surface area (Å²) in [6, 6.07) is 8.06. The van der Waals surface area contributed by atoms with Crippen molar-refractivity contribution in [1.82, 2.24) is 20.1 Å². The molecule has 2 aromatic rings. The molecule has 26 heavy (non-hydrogen) atoms. The van der Waals surface area contributed by atoms with E-state index in [1.54, 1.807) is 7.11 Å². The largest absolute Gasteiger partial charge is 0.497 e. The number of amides is 1. The highest BCUT2D eigenvalue weighted by molar-refractivity contribution is 7.99. The molecular formula is C18H23N5O2S. The standard InChI is InChI=1S/C18H23N5O2S/c1-25-15-6-4-14(5-7-15)22-8-10-23(11-9-22)16(24)12-26-18-19-17(20-21-18)13-2-3-13/h4-7,13H,2-3,8-12H2,1H3,(H,19,20,21). The second kappa shape index (κ2) is 7.57. The lowest BCUT2D eigenvalue weighted by molar-refractivity contribution is -0.128. The summed E-state index contributed by atoms with van der Waals surface area (Å²) in [5.74, 6) is 2.93. The van der Waals surface area contributed by atoms with Crippen molar-refractivity contribution in [2.75, 3.05) is 43.9 Å². The normalized spacial score (nSPS) is 17.4. The summed E-state index contributed by atoms with van der Waals surface area (Å²) in [6.45, 7) is 3.17. The van der Waals surface area contributed by atoms with Crippen LogP contribution in [0.3, 0.4) is 0 Å². The lowest BCUT2D eigenvalue weighted by Crippen LogP contribution is -2.49. The number of nitrogens with one attached hydrogen (secondary N) is 1. The van der Waals surface area contributed by atoms with Crippen LogP contribution in [-0.4, -0.2) is 65.0 Å². The predicted molar refractivity (Wildman–Crippen MR) is 101 cm³/mol. The van der Waals surface area contributed by atoms with Crippen LogP contribution >= 0.6 is 11.8 Å². The Morgan fingerprint density at radius 1 is 1.23 bits per heavy atom. The molecule has 2 aliphatic rings. The SMILES string of the molecule is COc1ccc(N2CCN(C(=O)CSc3n[nH]c(C4CC4)n3)CC2)cc1. The van der Waals surface area contributed by atoms with Gasteiger partial charge >= 0.3 is 0 Å². The first-order valence-electron chi connectivity index (χ1n) is 8.95. The number of methoxy groups -OCH3 is 1. The molecule has 4 rings (SSSR count). The predicted octanol–water partition coefficient (Wildman–Crippen LogP) is 2.13. The summed E-state index contributed by atoms with van der Waals surface area (Å²) in [7, 11) is 1.67. The van der Waals surface area contributed by atoms with Gasteiger partial charge in [0.15, 0.2) is 0 Å². The molecule has 1 saturated carbocycles. The summed E-state index contributed by atoms with van der Waals surface area (Å²) in [6.07, 6.45) is 2.38. The minimum Gasteiger partial charge on any atom is -0.497 e. The summed E-state index contributed by atoms with van der Waals surface area (Å²) >= 11 is 1.42. The maximum Gasteiger partial charge on any atom is 0.233 e. The number of ether oxygens (including phenoxy) is 1. The molecule has 1 amide bonds. The van der Waals surface area contributed by atoms with Gasteiger partial charge in [-0.25, -0.2) is 4.98 Å².